The summed E-state index contributed by atoms with van der Waals surface area (Å²) in [5.74, 6) is -2.27. The molecule has 7 heteroatoms. The van der Waals surface area contributed by atoms with Gasteiger partial charge in [-0.15, -0.1) is 0 Å². The Labute approximate surface area is 161 Å². The average molecular weight is 382 g/mol. The highest BCUT2D eigenvalue weighted by Gasteiger charge is 2.14. The fraction of sp³-hybridized carbons (Fsp3) is 0.190. The summed E-state index contributed by atoms with van der Waals surface area (Å²) in [7, 11) is 0. The summed E-state index contributed by atoms with van der Waals surface area (Å²) in [4.78, 5) is 21.1. The molecule has 0 aliphatic rings. The Balaban J connectivity index is 1.87. The van der Waals surface area contributed by atoms with E-state index in [-0.39, 0.29) is 11.4 Å². The molecule has 28 heavy (non-hydrogen) atoms. The van der Waals surface area contributed by atoms with Crippen LogP contribution in [-0.2, 0) is 6.42 Å². The summed E-state index contributed by atoms with van der Waals surface area (Å²) in [6, 6.07) is 10.7. The molecule has 3 aromatic rings. The van der Waals surface area contributed by atoms with Crippen molar-refractivity contribution >= 4 is 23.2 Å². The highest BCUT2D eigenvalue weighted by molar-refractivity contribution is 6.03. The van der Waals surface area contributed by atoms with Crippen LogP contribution < -0.4 is 10.6 Å². The van der Waals surface area contributed by atoms with Crippen LogP contribution in [0.15, 0.2) is 42.5 Å². The quantitative estimate of drug-likeness (QED) is 0.657. The van der Waals surface area contributed by atoms with Crippen LogP contribution in [0.1, 0.15) is 34.2 Å². The maximum Gasteiger partial charge on any atom is 0.274 e. The largest absolute Gasteiger partial charge is 0.324 e. The molecule has 0 fully saturated rings. The van der Waals surface area contributed by atoms with Crippen LogP contribution >= 0.6 is 0 Å². The second kappa shape index (κ2) is 8.12. The number of anilines is 3. The Morgan fingerprint density at radius 3 is 2.54 bits per heavy atom. The summed E-state index contributed by atoms with van der Waals surface area (Å²) in [6.45, 7) is 5.78. The zero-order chi connectivity index (χ0) is 20.3. The number of nitrogens with zero attached hydrogens (tertiary/aromatic N) is 2. The highest BCUT2D eigenvalue weighted by atomic mass is 19.2. The molecule has 0 saturated heterocycles. The molecular formula is C21H20F2N4O. The Kier molecular flexibility index (Phi) is 5.63. The monoisotopic (exact) mass is 382 g/mol. The number of carbonyl (C=O) groups excluding carboxylic acids is 1. The zero-order valence-corrected chi connectivity index (χ0v) is 15.8. The van der Waals surface area contributed by atoms with Gasteiger partial charge in [0.15, 0.2) is 11.6 Å². The predicted octanol–water partition coefficient (Wildman–Crippen LogP) is 4.93. The highest BCUT2D eigenvalue weighted by Crippen LogP contribution is 2.24. The number of nitrogens with one attached hydrogen (secondary N) is 2. The first-order valence-corrected chi connectivity index (χ1v) is 8.85. The molecule has 0 bridgehead atoms. The second-order valence-corrected chi connectivity index (χ2v) is 6.39. The molecule has 3 rings (SSSR count). The van der Waals surface area contributed by atoms with Gasteiger partial charge in [-0.1, -0.05) is 25.1 Å². The van der Waals surface area contributed by atoms with Crippen LogP contribution in [0.25, 0.3) is 0 Å². The van der Waals surface area contributed by atoms with E-state index in [9.17, 15) is 13.6 Å². The first kappa shape index (κ1) is 19.4. The van der Waals surface area contributed by atoms with Gasteiger partial charge in [0.2, 0.25) is 5.95 Å². The Morgan fingerprint density at radius 2 is 1.82 bits per heavy atom. The third-order valence-electron chi connectivity index (χ3n) is 4.24. The van der Waals surface area contributed by atoms with E-state index >= 15 is 0 Å². The van der Waals surface area contributed by atoms with Gasteiger partial charge >= 0.3 is 0 Å². The number of amides is 1. The number of hydrogen-bond donors (Lipinski definition) is 2. The smallest absolute Gasteiger partial charge is 0.274 e. The van der Waals surface area contributed by atoms with Gasteiger partial charge in [0, 0.05) is 23.1 Å². The van der Waals surface area contributed by atoms with Gasteiger partial charge in [0.1, 0.15) is 5.69 Å². The molecule has 0 saturated carbocycles. The van der Waals surface area contributed by atoms with Gasteiger partial charge in [-0.25, -0.2) is 18.7 Å². The maximum atomic E-state index is 13.3. The van der Waals surface area contributed by atoms with Gasteiger partial charge in [-0.05, 0) is 49.6 Å². The van der Waals surface area contributed by atoms with Crippen molar-refractivity contribution in [2.24, 2.45) is 0 Å². The number of benzene rings is 2. The molecule has 1 heterocycles. The van der Waals surface area contributed by atoms with Crippen LogP contribution in [0, 0.1) is 25.5 Å². The van der Waals surface area contributed by atoms with E-state index in [2.05, 4.69) is 27.5 Å². The minimum absolute atomic E-state index is 0.117. The molecule has 1 aromatic heterocycles. The topological polar surface area (TPSA) is 66.9 Å². The number of para-hydroxylation sites is 1. The van der Waals surface area contributed by atoms with Crippen molar-refractivity contribution in [2.75, 3.05) is 10.6 Å². The second-order valence-electron chi connectivity index (χ2n) is 6.39. The van der Waals surface area contributed by atoms with Crippen molar-refractivity contribution in [3.05, 3.63) is 76.6 Å². The molecule has 2 N–H and O–H groups in total. The summed E-state index contributed by atoms with van der Waals surface area (Å²) >= 11 is 0. The molecular weight excluding hydrogens is 362 g/mol. The van der Waals surface area contributed by atoms with Crippen molar-refractivity contribution in [1.29, 1.82) is 0 Å². The number of aromatic nitrogens is 2. The summed E-state index contributed by atoms with van der Waals surface area (Å²) in [6.07, 6.45) is 0.833. The van der Waals surface area contributed by atoms with Crippen molar-refractivity contribution in [3.8, 4) is 0 Å². The van der Waals surface area contributed by atoms with Crippen LogP contribution in [0.4, 0.5) is 26.1 Å². The number of halogens is 2. The van der Waals surface area contributed by atoms with Gasteiger partial charge in [0.05, 0.1) is 0 Å². The normalized spacial score (nSPS) is 10.6. The van der Waals surface area contributed by atoms with E-state index in [1.165, 1.54) is 12.1 Å². The minimum Gasteiger partial charge on any atom is -0.324 e. The van der Waals surface area contributed by atoms with E-state index in [1.807, 2.05) is 25.1 Å². The number of carbonyl (C=O) groups is 1. The van der Waals surface area contributed by atoms with E-state index in [4.69, 9.17) is 0 Å². The third-order valence-corrected chi connectivity index (χ3v) is 4.24. The van der Waals surface area contributed by atoms with Gasteiger partial charge < -0.3 is 10.6 Å². The first-order valence-electron chi connectivity index (χ1n) is 8.85. The summed E-state index contributed by atoms with van der Waals surface area (Å²) in [5, 5.41) is 5.71. The molecule has 0 aliphatic heterocycles. The Hall–Kier alpha value is -3.35. The molecule has 2 aromatic carbocycles. The van der Waals surface area contributed by atoms with Gasteiger partial charge in [-0.3, -0.25) is 4.79 Å². The third kappa shape index (κ3) is 4.31. The molecule has 0 atom stereocenters. The van der Waals surface area contributed by atoms with Crippen molar-refractivity contribution < 1.29 is 13.6 Å². The lowest BCUT2D eigenvalue weighted by atomic mass is 10.1. The number of rotatable bonds is 5. The standard InChI is InChI=1S/C21H20F2N4O/c1-4-14-7-5-6-12(2)19(14)27-21-24-13(3)10-18(26-21)20(28)25-15-8-9-16(22)17(23)11-15/h5-11H,4H2,1-3H3,(H,25,28)(H,24,26,27). The van der Waals surface area contributed by atoms with Crippen LogP contribution in [0.3, 0.4) is 0 Å². The average Bonchev–Trinajstić information content (AvgIpc) is 2.66. The molecule has 0 aliphatic carbocycles. The number of aryl methyl sites for hydroxylation is 3. The van der Waals surface area contributed by atoms with Crippen LogP contribution in [0.5, 0.6) is 0 Å². The molecule has 1 amide bonds. The van der Waals surface area contributed by atoms with E-state index in [0.717, 1.165) is 35.4 Å². The Morgan fingerprint density at radius 1 is 1.04 bits per heavy atom. The lowest BCUT2D eigenvalue weighted by molar-refractivity contribution is 0.102. The van der Waals surface area contributed by atoms with Crippen molar-refractivity contribution in [2.45, 2.75) is 27.2 Å². The van der Waals surface area contributed by atoms with E-state index in [0.29, 0.717) is 11.6 Å². The lowest BCUT2D eigenvalue weighted by Gasteiger charge is -2.14. The van der Waals surface area contributed by atoms with Crippen molar-refractivity contribution in [1.82, 2.24) is 9.97 Å². The van der Waals surface area contributed by atoms with Gasteiger partial charge in [-0.2, -0.15) is 0 Å². The minimum atomic E-state index is -1.04. The fourth-order valence-electron chi connectivity index (χ4n) is 2.82. The lowest BCUT2D eigenvalue weighted by Crippen LogP contribution is -2.16. The van der Waals surface area contributed by atoms with Gasteiger partial charge in [0.25, 0.3) is 5.91 Å². The van der Waals surface area contributed by atoms with E-state index < -0.39 is 17.5 Å². The zero-order valence-electron chi connectivity index (χ0n) is 15.8. The maximum absolute atomic E-state index is 13.3. The molecule has 0 radical (unpaired) electrons. The summed E-state index contributed by atoms with van der Waals surface area (Å²) in [5.41, 5.74) is 3.91. The summed E-state index contributed by atoms with van der Waals surface area (Å²) < 4.78 is 26.4. The fourth-order valence-corrected chi connectivity index (χ4v) is 2.82. The molecule has 5 nitrogen and oxygen atoms in total. The SMILES string of the molecule is CCc1cccc(C)c1Nc1nc(C)cc(C(=O)Nc2ccc(F)c(F)c2)n1. The van der Waals surface area contributed by atoms with Crippen LogP contribution in [-0.4, -0.2) is 15.9 Å². The Bertz CT molecular complexity index is 1040. The molecule has 144 valence electrons. The molecule has 0 spiro atoms. The molecule has 0 unspecified atom stereocenters. The first-order chi connectivity index (χ1) is 13.4. The van der Waals surface area contributed by atoms with E-state index in [1.54, 1.807) is 6.92 Å². The predicted molar refractivity (Wildman–Crippen MR) is 105 cm³/mol. The number of hydrogen-bond acceptors (Lipinski definition) is 4. The van der Waals surface area contributed by atoms with Crippen molar-refractivity contribution in [3.63, 3.8) is 0 Å². The van der Waals surface area contributed by atoms with Crippen LogP contribution in [0.2, 0.25) is 0 Å².